The van der Waals surface area contributed by atoms with Crippen molar-refractivity contribution in [3.8, 4) is 11.4 Å². The van der Waals surface area contributed by atoms with Gasteiger partial charge in [0.15, 0.2) is 0 Å². The second-order valence-corrected chi connectivity index (χ2v) is 8.82. The largest absolute Gasteiger partial charge is 0.378 e. The molecule has 4 N–H and O–H groups in total. The lowest BCUT2D eigenvalue weighted by molar-refractivity contribution is 0.0405. The van der Waals surface area contributed by atoms with Gasteiger partial charge in [0.1, 0.15) is 17.5 Å². The van der Waals surface area contributed by atoms with Gasteiger partial charge in [-0.05, 0) is 37.1 Å². The zero-order valence-corrected chi connectivity index (χ0v) is 20.5. The van der Waals surface area contributed by atoms with Crippen molar-refractivity contribution < 1.29 is 9.47 Å². The van der Waals surface area contributed by atoms with Crippen LogP contribution < -0.4 is 10.6 Å². The van der Waals surface area contributed by atoms with Gasteiger partial charge in [0.2, 0.25) is 0 Å². The fraction of sp³-hybridized carbons (Fsp3) is 0.560. The lowest BCUT2D eigenvalue weighted by atomic mass is 10.2. The maximum atomic E-state index is 8.20. The highest BCUT2D eigenvalue weighted by Gasteiger charge is 2.18. The van der Waals surface area contributed by atoms with Crippen LogP contribution >= 0.6 is 0 Å². The summed E-state index contributed by atoms with van der Waals surface area (Å²) in [6.45, 7) is 9.78. The molecule has 0 amide bonds. The van der Waals surface area contributed by atoms with E-state index in [1.165, 1.54) is 12.8 Å². The smallest absolute Gasteiger partial charge is 0.130 e. The molecule has 2 aromatic rings. The molecule has 190 valence electrons. The van der Waals surface area contributed by atoms with Crippen LogP contribution in [0.25, 0.3) is 17.5 Å². The van der Waals surface area contributed by atoms with E-state index in [1.54, 1.807) is 0 Å². The third-order valence-electron chi connectivity index (χ3n) is 6.33. The number of aromatic amines is 1. The number of pyridine rings is 1. The highest BCUT2D eigenvalue weighted by molar-refractivity contribution is 5.93. The van der Waals surface area contributed by atoms with Crippen LogP contribution in [0.4, 0.5) is 5.82 Å². The first kappa shape index (κ1) is 25.3. The lowest BCUT2D eigenvalue weighted by Gasteiger charge is -2.35. The number of aromatic nitrogens is 3. The summed E-state index contributed by atoms with van der Waals surface area (Å²) in [7, 11) is 0. The van der Waals surface area contributed by atoms with E-state index >= 15 is 0 Å². The van der Waals surface area contributed by atoms with Crippen LogP contribution in [0.2, 0.25) is 0 Å². The molecule has 2 aliphatic rings. The Labute approximate surface area is 207 Å². The molecule has 2 fully saturated rings. The van der Waals surface area contributed by atoms with Crippen LogP contribution in [0, 0.1) is 5.41 Å². The fourth-order valence-corrected chi connectivity index (χ4v) is 4.32. The number of nitrogens with zero attached hydrogens (tertiary/aromatic N) is 5. The van der Waals surface area contributed by atoms with E-state index in [1.807, 2.05) is 30.5 Å². The molecule has 4 rings (SSSR count). The molecule has 0 spiro atoms. The number of ether oxygens (including phenoxy) is 2. The zero-order valence-electron chi connectivity index (χ0n) is 20.5. The highest BCUT2D eigenvalue weighted by Crippen LogP contribution is 2.21. The Balaban J connectivity index is 1.23. The van der Waals surface area contributed by atoms with E-state index in [9.17, 15) is 0 Å². The topological polar surface area (TPSA) is 120 Å². The molecule has 10 heteroatoms. The second kappa shape index (κ2) is 13.3. The van der Waals surface area contributed by atoms with Gasteiger partial charge in [-0.25, -0.2) is 9.97 Å². The SMILES string of the molecule is N=C(/C=C\c1ncc(-c2cccc(N3CCN(CCOCCOCCN)CC3)n2)[nH]1)N1CCCC1. The summed E-state index contributed by atoms with van der Waals surface area (Å²) in [5, 5.41) is 8.20. The third kappa shape index (κ3) is 7.60. The number of imidazole rings is 1. The van der Waals surface area contributed by atoms with Gasteiger partial charge >= 0.3 is 0 Å². The summed E-state index contributed by atoms with van der Waals surface area (Å²) in [6, 6.07) is 6.11. The Morgan fingerprint density at radius 3 is 2.57 bits per heavy atom. The normalized spacial score (nSPS) is 17.1. The molecular formula is C25H38N8O2. The minimum absolute atomic E-state index is 0.544. The van der Waals surface area contributed by atoms with E-state index < -0.39 is 0 Å². The monoisotopic (exact) mass is 482 g/mol. The maximum Gasteiger partial charge on any atom is 0.130 e. The molecular weight excluding hydrogens is 444 g/mol. The van der Waals surface area contributed by atoms with Crippen LogP contribution in [-0.2, 0) is 9.47 Å². The minimum atomic E-state index is 0.544. The number of likely N-dealkylation sites (tertiary alicyclic amines) is 1. The summed E-state index contributed by atoms with van der Waals surface area (Å²) >= 11 is 0. The number of amidine groups is 1. The van der Waals surface area contributed by atoms with Crippen molar-refractivity contribution in [1.82, 2.24) is 24.8 Å². The molecule has 0 aliphatic carbocycles. The van der Waals surface area contributed by atoms with Crippen LogP contribution in [0.3, 0.4) is 0 Å². The van der Waals surface area contributed by atoms with Crippen molar-refractivity contribution in [3.05, 3.63) is 36.3 Å². The summed E-state index contributed by atoms with van der Waals surface area (Å²) in [5.41, 5.74) is 7.15. The molecule has 0 aromatic carbocycles. The summed E-state index contributed by atoms with van der Waals surface area (Å²) in [5.74, 6) is 2.26. The van der Waals surface area contributed by atoms with Gasteiger partial charge in [0.05, 0.1) is 44.0 Å². The first-order valence-corrected chi connectivity index (χ1v) is 12.6. The summed E-state index contributed by atoms with van der Waals surface area (Å²) in [6.07, 6.45) is 7.82. The van der Waals surface area contributed by atoms with Gasteiger partial charge in [0.25, 0.3) is 0 Å². The molecule has 0 atom stereocenters. The number of nitrogens with two attached hydrogens (primary N) is 1. The summed E-state index contributed by atoms with van der Waals surface area (Å²) < 4.78 is 11.0. The molecule has 0 bridgehead atoms. The molecule has 4 heterocycles. The first-order chi connectivity index (χ1) is 17.2. The molecule has 10 nitrogen and oxygen atoms in total. The molecule has 35 heavy (non-hydrogen) atoms. The van der Waals surface area contributed by atoms with Crippen molar-refractivity contribution in [3.63, 3.8) is 0 Å². The van der Waals surface area contributed by atoms with E-state index in [2.05, 4.69) is 30.7 Å². The number of piperazine rings is 1. The molecule has 2 aliphatic heterocycles. The minimum Gasteiger partial charge on any atom is -0.378 e. The Kier molecular flexibility index (Phi) is 9.64. The predicted octanol–water partition coefficient (Wildman–Crippen LogP) is 1.67. The van der Waals surface area contributed by atoms with E-state index in [4.69, 9.17) is 25.6 Å². The molecule has 2 aromatic heterocycles. The van der Waals surface area contributed by atoms with Crippen molar-refractivity contribution in [2.45, 2.75) is 12.8 Å². The number of rotatable bonds is 12. The highest BCUT2D eigenvalue weighted by atomic mass is 16.5. The molecule has 2 saturated heterocycles. The van der Waals surface area contributed by atoms with E-state index in [0.717, 1.165) is 68.8 Å². The average molecular weight is 483 g/mol. The number of anilines is 1. The van der Waals surface area contributed by atoms with Crippen molar-refractivity contribution in [2.24, 2.45) is 5.73 Å². The second-order valence-electron chi connectivity index (χ2n) is 8.82. The standard InChI is InChI=1S/C25H38N8O2/c26-8-16-34-18-19-35-17-15-31-11-13-33(14-12-31)25-5-3-4-21(30-25)22-20-28-24(29-22)7-6-23(27)32-9-1-2-10-32/h3-7,20,27H,1-2,8-19,26H2,(H,28,29)/b7-6-,27-23?. The number of nitrogens with one attached hydrogen (secondary N) is 2. The van der Waals surface area contributed by atoms with E-state index in [-0.39, 0.29) is 0 Å². The predicted molar refractivity (Wildman–Crippen MR) is 139 cm³/mol. The van der Waals surface area contributed by atoms with Crippen LogP contribution in [0.15, 0.2) is 30.5 Å². The Morgan fingerprint density at radius 1 is 1.03 bits per heavy atom. The van der Waals surface area contributed by atoms with Crippen molar-refractivity contribution in [2.75, 3.05) is 83.7 Å². The van der Waals surface area contributed by atoms with Crippen LogP contribution in [-0.4, -0.2) is 109 Å². The van der Waals surface area contributed by atoms with Crippen molar-refractivity contribution in [1.29, 1.82) is 5.41 Å². The number of H-pyrrole nitrogens is 1. The number of hydrogen-bond donors (Lipinski definition) is 3. The van der Waals surface area contributed by atoms with Crippen molar-refractivity contribution >= 4 is 17.7 Å². The maximum absolute atomic E-state index is 8.20. The first-order valence-electron chi connectivity index (χ1n) is 12.6. The van der Waals surface area contributed by atoms with Gasteiger partial charge in [-0.1, -0.05) is 6.07 Å². The third-order valence-corrected chi connectivity index (χ3v) is 6.33. The fourth-order valence-electron chi connectivity index (χ4n) is 4.32. The quantitative estimate of drug-likeness (QED) is 0.237. The van der Waals surface area contributed by atoms with Crippen LogP contribution in [0.1, 0.15) is 18.7 Å². The lowest BCUT2D eigenvalue weighted by Crippen LogP contribution is -2.47. The molecule has 0 radical (unpaired) electrons. The zero-order chi connectivity index (χ0) is 24.3. The van der Waals surface area contributed by atoms with E-state index in [0.29, 0.717) is 38.8 Å². The van der Waals surface area contributed by atoms with Gasteiger partial charge in [0, 0.05) is 52.4 Å². The Bertz CT molecular complexity index is 948. The molecule has 0 saturated carbocycles. The van der Waals surface area contributed by atoms with Gasteiger partial charge < -0.3 is 30.0 Å². The van der Waals surface area contributed by atoms with Crippen LogP contribution in [0.5, 0.6) is 0 Å². The van der Waals surface area contributed by atoms with Gasteiger partial charge in [-0.15, -0.1) is 0 Å². The van der Waals surface area contributed by atoms with Gasteiger partial charge in [-0.3, -0.25) is 10.3 Å². The summed E-state index contributed by atoms with van der Waals surface area (Å²) in [4.78, 5) is 19.5. The Morgan fingerprint density at radius 2 is 1.80 bits per heavy atom. The number of hydrogen-bond acceptors (Lipinski definition) is 8. The Hall–Kier alpha value is -2.79. The van der Waals surface area contributed by atoms with Gasteiger partial charge in [-0.2, -0.15) is 0 Å². The average Bonchev–Trinajstić information content (AvgIpc) is 3.60. The molecule has 0 unspecified atom stereocenters.